The van der Waals surface area contributed by atoms with Crippen LogP contribution in [0, 0.1) is 42.4 Å². The van der Waals surface area contributed by atoms with Crippen LogP contribution in [0.3, 0.4) is 0 Å². The summed E-state index contributed by atoms with van der Waals surface area (Å²) < 4.78 is 1.79. The van der Waals surface area contributed by atoms with Gasteiger partial charge in [0.15, 0.2) is 4.80 Å². The number of hydrogen-bond donors (Lipinski definition) is 1. The highest BCUT2D eigenvalue weighted by Crippen LogP contribution is 2.60. The van der Waals surface area contributed by atoms with Crippen LogP contribution in [0.2, 0.25) is 0 Å². The molecule has 0 radical (unpaired) electrons. The molecule has 4 aliphatic carbocycles. The Kier molecular flexibility index (Phi) is 4.64. The van der Waals surface area contributed by atoms with E-state index in [0.717, 1.165) is 29.8 Å². The molecule has 28 heavy (non-hydrogen) atoms. The van der Waals surface area contributed by atoms with E-state index in [1.54, 1.807) is 4.57 Å². The predicted octanol–water partition coefficient (Wildman–Crippen LogP) is 4.48. The van der Waals surface area contributed by atoms with Gasteiger partial charge in [-0.1, -0.05) is 20.8 Å². The third-order valence-corrected chi connectivity index (χ3v) is 8.40. The number of aromatic nitrogens is 1. The number of carbonyl (C=O) groups excluding carboxylic acids is 1. The van der Waals surface area contributed by atoms with Gasteiger partial charge in [-0.2, -0.15) is 4.99 Å². The molecule has 4 aliphatic rings. The molecule has 1 heterocycles. The first-order chi connectivity index (χ1) is 13.0. The van der Waals surface area contributed by atoms with Crippen LogP contribution in [-0.4, -0.2) is 21.6 Å². The fourth-order valence-corrected chi connectivity index (χ4v) is 7.39. The topological polar surface area (TPSA) is 71.7 Å². The van der Waals surface area contributed by atoms with Gasteiger partial charge in [-0.25, -0.2) is 4.79 Å². The molecule has 0 spiro atoms. The zero-order chi connectivity index (χ0) is 20.4. The Labute approximate surface area is 170 Å². The quantitative estimate of drug-likeness (QED) is 0.807. The number of aryl methyl sites for hydroxylation is 1. The molecule has 0 saturated heterocycles. The van der Waals surface area contributed by atoms with Crippen molar-refractivity contribution in [1.29, 1.82) is 0 Å². The summed E-state index contributed by atoms with van der Waals surface area (Å²) in [6.45, 7) is 9.69. The number of hydrogen-bond acceptors (Lipinski definition) is 3. The molecular formula is C22H32N2O3S. The molecule has 0 aromatic carbocycles. The first-order valence-corrected chi connectivity index (χ1v) is 11.3. The number of amides is 1. The fraction of sp³-hybridized carbons (Fsp3) is 0.773. The van der Waals surface area contributed by atoms with Crippen molar-refractivity contribution in [3.8, 4) is 0 Å². The Morgan fingerprint density at radius 2 is 1.61 bits per heavy atom. The van der Waals surface area contributed by atoms with E-state index in [-0.39, 0.29) is 11.3 Å². The zero-order valence-corrected chi connectivity index (χ0v) is 18.4. The summed E-state index contributed by atoms with van der Waals surface area (Å²) in [7, 11) is 0. The highest BCUT2D eigenvalue weighted by Gasteiger charge is 2.54. The average molecular weight is 405 g/mol. The van der Waals surface area contributed by atoms with Crippen LogP contribution in [0.15, 0.2) is 4.99 Å². The average Bonchev–Trinajstić information content (AvgIpc) is 2.80. The van der Waals surface area contributed by atoms with Crippen LogP contribution in [0.1, 0.15) is 75.9 Å². The molecule has 1 unspecified atom stereocenters. The second-order valence-electron chi connectivity index (χ2n) is 10.6. The minimum atomic E-state index is -0.878. The van der Waals surface area contributed by atoms with Crippen LogP contribution in [-0.2, 0) is 9.59 Å². The molecule has 6 heteroatoms. The summed E-state index contributed by atoms with van der Waals surface area (Å²) in [6, 6.07) is -0.750. The second-order valence-corrected chi connectivity index (χ2v) is 11.8. The molecule has 5 rings (SSSR count). The first-order valence-electron chi connectivity index (χ1n) is 10.5. The van der Waals surface area contributed by atoms with E-state index in [0.29, 0.717) is 22.6 Å². The predicted molar refractivity (Wildman–Crippen MR) is 109 cm³/mol. The summed E-state index contributed by atoms with van der Waals surface area (Å²) in [5.74, 6) is 1.18. The summed E-state index contributed by atoms with van der Waals surface area (Å²) in [4.78, 5) is 31.8. The Balaban J connectivity index is 1.78. The molecular weight excluding hydrogens is 372 g/mol. The van der Waals surface area contributed by atoms with Gasteiger partial charge in [0.1, 0.15) is 6.04 Å². The van der Waals surface area contributed by atoms with Crippen LogP contribution < -0.4 is 4.80 Å². The molecule has 1 N–H and O–H groups in total. The Bertz CT molecular complexity index is 851. The number of carbonyl (C=O) groups is 2. The third kappa shape index (κ3) is 3.17. The van der Waals surface area contributed by atoms with Crippen LogP contribution in [0.25, 0.3) is 0 Å². The SMILES string of the molecule is Cc1sc(=NC(=O)C23CC4CC(CC(C4)C2)C3)n(C(C(=O)O)C(C)(C)C)c1C. The van der Waals surface area contributed by atoms with Crippen molar-refractivity contribution < 1.29 is 14.7 Å². The van der Waals surface area contributed by atoms with Gasteiger partial charge in [0.2, 0.25) is 0 Å². The van der Waals surface area contributed by atoms with Gasteiger partial charge >= 0.3 is 5.97 Å². The van der Waals surface area contributed by atoms with Gasteiger partial charge in [0, 0.05) is 10.6 Å². The normalized spacial score (nSPS) is 33.3. The lowest BCUT2D eigenvalue weighted by Crippen LogP contribution is -2.50. The van der Waals surface area contributed by atoms with E-state index in [1.165, 1.54) is 30.6 Å². The summed E-state index contributed by atoms with van der Waals surface area (Å²) in [5, 5.41) is 9.94. The van der Waals surface area contributed by atoms with E-state index in [2.05, 4.69) is 4.99 Å². The second kappa shape index (κ2) is 6.54. The highest BCUT2D eigenvalue weighted by molar-refractivity contribution is 7.09. The van der Waals surface area contributed by atoms with Crippen molar-refractivity contribution >= 4 is 23.2 Å². The van der Waals surface area contributed by atoms with Gasteiger partial charge in [-0.3, -0.25) is 4.79 Å². The third-order valence-electron chi connectivity index (χ3n) is 7.32. The Hall–Kier alpha value is -1.43. The minimum Gasteiger partial charge on any atom is -0.480 e. The lowest BCUT2D eigenvalue weighted by atomic mass is 9.49. The van der Waals surface area contributed by atoms with E-state index in [4.69, 9.17) is 0 Å². The van der Waals surface area contributed by atoms with E-state index in [1.807, 2.05) is 34.6 Å². The maximum Gasteiger partial charge on any atom is 0.327 e. The number of nitrogens with zero attached hydrogens (tertiary/aromatic N) is 2. The standard InChI is InChI=1S/C22H32N2O3S/c1-12-13(2)28-20(24(12)17(18(25)26)21(3,4)5)23-19(27)22-9-14-6-15(10-22)8-16(7-14)11-22/h14-17H,6-11H2,1-5H3,(H,25,26). The monoisotopic (exact) mass is 404 g/mol. The lowest BCUT2D eigenvalue weighted by molar-refractivity contribution is -0.145. The molecule has 1 amide bonds. The zero-order valence-electron chi connectivity index (χ0n) is 17.6. The molecule has 1 aromatic rings. The number of carboxylic acids is 1. The lowest BCUT2D eigenvalue weighted by Gasteiger charge is -2.55. The van der Waals surface area contributed by atoms with E-state index in [9.17, 15) is 14.7 Å². The number of thiazole rings is 1. The van der Waals surface area contributed by atoms with Crippen LogP contribution in [0.5, 0.6) is 0 Å². The van der Waals surface area contributed by atoms with Crippen molar-refractivity contribution in [1.82, 2.24) is 4.57 Å². The number of carboxylic acid groups (broad SMARTS) is 1. The van der Waals surface area contributed by atoms with Crippen molar-refractivity contribution in [3.63, 3.8) is 0 Å². The van der Waals surface area contributed by atoms with Crippen molar-refractivity contribution in [3.05, 3.63) is 15.4 Å². The van der Waals surface area contributed by atoms with E-state index >= 15 is 0 Å². The molecule has 1 aromatic heterocycles. The maximum atomic E-state index is 13.5. The van der Waals surface area contributed by atoms with Crippen molar-refractivity contribution in [2.45, 2.75) is 79.2 Å². The van der Waals surface area contributed by atoms with Crippen molar-refractivity contribution in [2.75, 3.05) is 0 Å². The smallest absolute Gasteiger partial charge is 0.327 e. The van der Waals surface area contributed by atoms with Gasteiger partial charge < -0.3 is 9.67 Å². The maximum absolute atomic E-state index is 13.5. The molecule has 1 atom stereocenters. The molecule has 0 aliphatic heterocycles. The summed E-state index contributed by atoms with van der Waals surface area (Å²) in [5.41, 5.74) is 0.117. The fourth-order valence-electron chi connectivity index (χ4n) is 6.40. The van der Waals surface area contributed by atoms with Gasteiger partial charge in [0.05, 0.1) is 5.41 Å². The summed E-state index contributed by atoms with van der Waals surface area (Å²) >= 11 is 1.45. The van der Waals surface area contributed by atoms with Gasteiger partial charge in [-0.05, 0) is 75.5 Å². The molecule has 4 bridgehead atoms. The molecule has 4 saturated carbocycles. The first kappa shape index (κ1) is 19.9. The minimum absolute atomic E-state index is 0.000326. The Morgan fingerprint density at radius 3 is 2.04 bits per heavy atom. The number of rotatable bonds is 3. The Morgan fingerprint density at radius 1 is 1.11 bits per heavy atom. The van der Waals surface area contributed by atoms with Gasteiger partial charge in [-0.15, -0.1) is 11.3 Å². The van der Waals surface area contributed by atoms with Crippen LogP contribution >= 0.6 is 11.3 Å². The molecule has 4 fully saturated rings. The van der Waals surface area contributed by atoms with Crippen LogP contribution in [0.4, 0.5) is 0 Å². The molecule has 5 nitrogen and oxygen atoms in total. The summed E-state index contributed by atoms with van der Waals surface area (Å²) in [6.07, 6.45) is 6.80. The van der Waals surface area contributed by atoms with E-state index < -0.39 is 17.4 Å². The van der Waals surface area contributed by atoms with Gasteiger partial charge in [0.25, 0.3) is 5.91 Å². The van der Waals surface area contributed by atoms with Crippen molar-refractivity contribution in [2.24, 2.45) is 33.6 Å². The highest BCUT2D eigenvalue weighted by atomic mass is 32.1. The molecule has 154 valence electrons. The number of aliphatic carboxylic acids is 1. The largest absolute Gasteiger partial charge is 0.480 e.